The van der Waals surface area contributed by atoms with Crippen molar-refractivity contribution in [2.75, 3.05) is 5.32 Å². The first-order chi connectivity index (χ1) is 8.69. The van der Waals surface area contributed by atoms with Crippen molar-refractivity contribution in [1.82, 2.24) is 0 Å². The summed E-state index contributed by atoms with van der Waals surface area (Å²) < 4.78 is 0. The van der Waals surface area contributed by atoms with Crippen LogP contribution in [0.25, 0.3) is 0 Å². The zero-order valence-electron chi connectivity index (χ0n) is 12.1. The number of rotatable bonds is 4. The van der Waals surface area contributed by atoms with E-state index in [9.17, 15) is 0 Å². The Morgan fingerprint density at radius 2 is 1.83 bits per heavy atom. The van der Waals surface area contributed by atoms with Crippen LogP contribution in [0.1, 0.15) is 56.6 Å². The molecule has 18 heavy (non-hydrogen) atoms. The van der Waals surface area contributed by atoms with E-state index in [2.05, 4.69) is 44.3 Å². The minimum Gasteiger partial charge on any atom is -0.382 e. The molecule has 1 fully saturated rings. The SMILES string of the molecule is CCCC1CCC(Nc2ccc(C)cc2C)CC1. The second-order valence-electron chi connectivity index (χ2n) is 5.97. The zero-order valence-corrected chi connectivity index (χ0v) is 12.1. The highest BCUT2D eigenvalue weighted by Gasteiger charge is 2.20. The van der Waals surface area contributed by atoms with E-state index in [-0.39, 0.29) is 0 Å². The van der Waals surface area contributed by atoms with E-state index in [0.29, 0.717) is 6.04 Å². The summed E-state index contributed by atoms with van der Waals surface area (Å²) in [6, 6.07) is 7.41. The summed E-state index contributed by atoms with van der Waals surface area (Å²) in [5.74, 6) is 0.993. The smallest absolute Gasteiger partial charge is 0.0372 e. The van der Waals surface area contributed by atoms with E-state index >= 15 is 0 Å². The Morgan fingerprint density at radius 1 is 1.11 bits per heavy atom. The predicted molar refractivity (Wildman–Crippen MR) is 80.2 cm³/mol. The van der Waals surface area contributed by atoms with Crippen molar-refractivity contribution in [3.05, 3.63) is 29.3 Å². The molecule has 0 radical (unpaired) electrons. The van der Waals surface area contributed by atoms with Crippen LogP contribution in [0.2, 0.25) is 0 Å². The molecule has 0 bridgehead atoms. The van der Waals surface area contributed by atoms with Crippen LogP contribution in [-0.2, 0) is 0 Å². The fraction of sp³-hybridized carbons (Fsp3) is 0.647. The van der Waals surface area contributed by atoms with Crippen molar-refractivity contribution in [2.24, 2.45) is 5.92 Å². The van der Waals surface area contributed by atoms with Gasteiger partial charge in [-0.1, -0.05) is 37.5 Å². The topological polar surface area (TPSA) is 12.0 Å². The molecule has 100 valence electrons. The molecular weight excluding hydrogens is 218 g/mol. The summed E-state index contributed by atoms with van der Waals surface area (Å²) >= 11 is 0. The highest BCUT2D eigenvalue weighted by Crippen LogP contribution is 2.30. The molecule has 0 atom stereocenters. The number of anilines is 1. The molecule has 2 rings (SSSR count). The molecule has 1 aromatic rings. The van der Waals surface area contributed by atoms with Gasteiger partial charge in [0.25, 0.3) is 0 Å². The fourth-order valence-electron chi connectivity index (χ4n) is 3.20. The van der Waals surface area contributed by atoms with Gasteiger partial charge in [0.15, 0.2) is 0 Å². The highest BCUT2D eigenvalue weighted by molar-refractivity contribution is 5.52. The summed E-state index contributed by atoms with van der Waals surface area (Å²) in [6.07, 6.45) is 8.29. The van der Waals surface area contributed by atoms with Crippen molar-refractivity contribution in [3.8, 4) is 0 Å². The summed E-state index contributed by atoms with van der Waals surface area (Å²) in [7, 11) is 0. The Bertz CT molecular complexity index is 375. The van der Waals surface area contributed by atoms with Crippen molar-refractivity contribution in [2.45, 2.75) is 65.3 Å². The van der Waals surface area contributed by atoms with Crippen LogP contribution in [0.3, 0.4) is 0 Å². The molecule has 1 aliphatic rings. The Labute approximate surface area is 112 Å². The van der Waals surface area contributed by atoms with Gasteiger partial charge in [0, 0.05) is 11.7 Å². The monoisotopic (exact) mass is 245 g/mol. The van der Waals surface area contributed by atoms with Gasteiger partial charge in [0.1, 0.15) is 0 Å². The first-order valence-corrected chi connectivity index (χ1v) is 7.53. The number of nitrogens with one attached hydrogen (secondary N) is 1. The van der Waals surface area contributed by atoms with E-state index in [1.165, 1.54) is 55.3 Å². The van der Waals surface area contributed by atoms with E-state index < -0.39 is 0 Å². The van der Waals surface area contributed by atoms with Gasteiger partial charge in [-0.2, -0.15) is 0 Å². The lowest BCUT2D eigenvalue weighted by Crippen LogP contribution is -2.26. The van der Waals surface area contributed by atoms with E-state index in [4.69, 9.17) is 0 Å². The molecule has 0 aliphatic heterocycles. The van der Waals surface area contributed by atoms with Gasteiger partial charge in [-0.25, -0.2) is 0 Å². The number of aryl methyl sites for hydroxylation is 2. The van der Waals surface area contributed by atoms with Crippen LogP contribution in [0.5, 0.6) is 0 Å². The lowest BCUT2D eigenvalue weighted by molar-refractivity contribution is 0.319. The van der Waals surface area contributed by atoms with Crippen LogP contribution in [0.15, 0.2) is 18.2 Å². The average molecular weight is 245 g/mol. The largest absolute Gasteiger partial charge is 0.382 e. The quantitative estimate of drug-likeness (QED) is 0.780. The fourth-order valence-corrected chi connectivity index (χ4v) is 3.20. The van der Waals surface area contributed by atoms with Gasteiger partial charge in [0.05, 0.1) is 0 Å². The molecule has 0 amide bonds. The third-order valence-electron chi connectivity index (χ3n) is 4.29. The van der Waals surface area contributed by atoms with Gasteiger partial charge in [0.2, 0.25) is 0 Å². The van der Waals surface area contributed by atoms with E-state index in [1.807, 2.05) is 0 Å². The lowest BCUT2D eigenvalue weighted by Gasteiger charge is -2.30. The van der Waals surface area contributed by atoms with Crippen LogP contribution < -0.4 is 5.32 Å². The summed E-state index contributed by atoms with van der Waals surface area (Å²) in [6.45, 7) is 6.67. The molecule has 1 aromatic carbocycles. The molecule has 1 nitrogen and oxygen atoms in total. The predicted octanol–water partition coefficient (Wildman–Crippen LogP) is 5.07. The highest BCUT2D eigenvalue weighted by atomic mass is 14.9. The minimum absolute atomic E-state index is 0.694. The van der Waals surface area contributed by atoms with Gasteiger partial charge in [-0.05, 0) is 57.1 Å². The van der Waals surface area contributed by atoms with E-state index in [1.54, 1.807) is 0 Å². The van der Waals surface area contributed by atoms with Gasteiger partial charge in [-0.3, -0.25) is 0 Å². The number of benzene rings is 1. The summed E-state index contributed by atoms with van der Waals surface area (Å²) in [5, 5.41) is 3.74. The first-order valence-electron chi connectivity index (χ1n) is 7.53. The maximum Gasteiger partial charge on any atom is 0.0372 e. The van der Waals surface area contributed by atoms with Gasteiger partial charge < -0.3 is 5.32 Å². The van der Waals surface area contributed by atoms with Crippen LogP contribution >= 0.6 is 0 Å². The van der Waals surface area contributed by atoms with Crippen molar-refractivity contribution >= 4 is 5.69 Å². The third-order valence-corrected chi connectivity index (χ3v) is 4.29. The van der Waals surface area contributed by atoms with E-state index in [0.717, 1.165) is 5.92 Å². The van der Waals surface area contributed by atoms with Crippen LogP contribution in [0.4, 0.5) is 5.69 Å². The molecule has 1 N–H and O–H groups in total. The van der Waals surface area contributed by atoms with Crippen molar-refractivity contribution < 1.29 is 0 Å². The summed E-state index contributed by atoms with van der Waals surface area (Å²) in [4.78, 5) is 0. The maximum absolute atomic E-state index is 3.74. The van der Waals surface area contributed by atoms with Gasteiger partial charge >= 0.3 is 0 Å². The third kappa shape index (κ3) is 3.51. The molecule has 0 spiro atoms. The van der Waals surface area contributed by atoms with Crippen molar-refractivity contribution in [3.63, 3.8) is 0 Å². The molecule has 0 saturated heterocycles. The minimum atomic E-state index is 0.694. The average Bonchev–Trinajstić information content (AvgIpc) is 2.35. The second kappa shape index (κ2) is 6.26. The Balaban J connectivity index is 1.87. The molecule has 1 aliphatic carbocycles. The second-order valence-corrected chi connectivity index (χ2v) is 5.97. The van der Waals surface area contributed by atoms with Crippen LogP contribution in [-0.4, -0.2) is 6.04 Å². The molecule has 1 saturated carbocycles. The maximum atomic E-state index is 3.74. The number of hydrogen-bond acceptors (Lipinski definition) is 1. The first kappa shape index (κ1) is 13.5. The Morgan fingerprint density at radius 3 is 2.44 bits per heavy atom. The van der Waals surface area contributed by atoms with Crippen molar-refractivity contribution in [1.29, 1.82) is 0 Å². The molecule has 0 heterocycles. The molecule has 0 aromatic heterocycles. The lowest BCUT2D eigenvalue weighted by atomic mass is 9.83. The molecule has 1 heteroatoms. The standard InChI is InChI=1S/C17H27N/c1-4-5-15-7-9-16(10-8-15)18-17-11-6-13(2)12-14(17)3/h6,11-12,15-16,18H,4-5,7-10H2,1-3H3. The molecular formula is C17H27N. The Hall–Kier alpha value is -0.980. The van der Waals surface area contributed by atoms with Crippen LogP contribution in [0, 0.1) is 19.8 Å². The summed E-state index contributed by atoms with van der Waals surface area (Å²) in [5.41, 5.74) is 4.06. The molecule has 0 unspecified atom stereocenters. The zero-order chi connectivity index (χ0) is 13.0. The number of hydrogen-bond donors (Lipinski definition) is 1. The normalized spacial score (nSPS) is 23.9. The van der Waals surface area contributed by atoms with Gasteiger partial charge in [-0.15, -0.1) is 0 Å². The Kier molecular flexibility index (Phi) is 4.68.